The average Bonchev–Trinajstić information content (AvgIpc) is 2.92. The Bertz CT molecular complexity index is 608. The zero-order valence-corrected chi connectivity index (χ0v) is 21.2. The molecule has 239 valence electrons. The number of carbonyl (C=O) groups excluding carboxylic acids is 3. The molecule has 0 aromatic carbocycles. The number of rotatable bonds is 15. The van der Waals surface area contributed by atoms with Crippen LogP contribution in [-0.2, 0) is 31.5 Å². The maximum atomic E-state index is 9.98. The van der Waals surface area contributed by atoms with Crippen LogP contribution in [0.4, 0.5) is 0 Å². The van der Waals surface area contributed by atoms with Crippen LogP contribution in [0.1, 0.15) is 0 Å². The van der Waals surface area contributed by atoms with E-state index in [0.29, 0.717) is 0 Å². The average molecular weight is 641 g/mol. The minimum absolute atomic E-state index is 0. The smallest absolute Gasteiger partial charge is 0.547 e. The van der Waals surface area contributed by atoms with Gasteiger partial charge in [0.15, 0.2) is 0 Å². The van der Waals surface area contributed by atoms with Crippen molar-refractivity contribution in [2.45, 2.75) is 73.2 Å². The van der Waals surface area contributed by atoms with Crippen molar-refractivity contribution in [2.75, 3.05) is 19.8 Å². The first-order chi connectivity index (χ1) is 17.7. The van der Waals surface area contributed by atoms with Crippen molar-refractivity contribution in [3.8, 4) is 0 Å². The molecule has 0 saturated carbocycles. The molecular formula is C18H33FeO21. The summed E-state index contributed by atoms with van der Waals surface area (Å²) in [6.07, 6.45) is -24.2. The van der Waals surface area contributed by atoms with Crippen molar-refractivity contribution in [3.63, 3.8) is 0 Å². The third kappa shape index (κ3) is 16.6. The van der Waals surface area contributed by atoms with E-state index in [1.54, 1.807) is 0 Å². The molecule has 1 radical (unpaired) electrons. The van der Waals surface area contributed by atoms with Gasteiger partial charge in [0.1, 0.15) is 73.2 Å². The van der Waals surface area contributed by atoms with E-state index in [-0.39, 0.29) is 17.1 Å². The summed E-state index contributed by atoms with van der Waals surface area (Å²) in [7, 11) is 0. The van der Waals surface area contributed by atoms with Gasteiger partial charge in [0.2, 0.25) is 0 Å². The Morgan fingerprint density at radius 1 is 0.400 bits per heavy atom. The Labute approximate surface area is 234 Å². The molecule has 0 aliphatic carbocycles. The molecule has 22 heteroatoms. The molecular weight excluding hydrogens is 608 g/mol. The van der Waals surface area contributed by atoms with Crippen LogP contribution in [0, 0.1) is 0 Å². The van der Waals surface area contributed by atoms with Gasteiger partial charge in [-0.05, 0) is 0 Å². The van der Waals surface area contributed by atoms with Gasteiger partial charge in [-0.1, -0.05) is 0 Å². The van der Waals surface area contributed by atoms with Crippen molar-refractivity contribution < 1.29 is 123 Å². The maximum Gasteiger partial charge on any atom is 3.00 e. The van der Waals surface area contributed by atoms with E-state index in [2.05, 4.69) is 0 Å². The van der Waals surface area contributed by atoms with Gasteiger partial charge < -0.3 is 106 Å². The van der Waals surface area contributed by atoms with Gasteiger partial charge in [-0.15, -0.1) is 0 Å². The third-order valence-electron chi connectivity index (χ3n) is 4.49. The molecule has 0 amide bonds. The molecule has 0 aliphatic rings. The quantitative estimate of drug-likeness (QED) is 0.0738. The number of hydrogen-bond donors (Lipinski definition) is 15. The molecule has 0 aromatic rings. The number of aliphatic hydroxyl groups excluding tert-OH is 15. The van der Waals surface area contributed by atoms with Crippen LogP contribution in [0.3, 0.4) is 0 Å². The first kappa shape index (κ1) is 45.3. The monoisotopic (exact) mass is 641 g/mol. The molecule has 0 heterocycles. The van der Waals surface area contributed by atoms with Crippen molar-refractivity contribution in [2.24, 2.45) is 0 Å². The second-order valence-corrected chi connectivity index (χ2v) is 7.48. The molecule has 0 fully saturated rings. The van der Waals surface area contributed by atoms with Crippen molar-refractivity contribution in [1.82, 2.24) is 0 Å². The molecule has 0 aliphatic heterocycles. The van der Waals surface area contributed by atoms with Crippen molar-refractivity contribution in [3.05, 3.63) is 0 Å². The molecule has 0 bridgehead atoms. The summed E-state index contributed by atoms with van der Waals surface area (Å²) in [6.45, 7) is -2.59. The molecule has 21 nitrogen and oxygen atoms in total. The van der Waals surface area contributed by atoms with Crippen LogP contribution in [-0.4, -0.2) is 188 Å². The Morgan fingerprint density at radius 3 is 0.650 bits per heavy atom. The number of carboxylic acids is 3. The fourth-order valence-corrected chi connectivity index (χ4v) is 1.99. The molecule has 0 rings (SSSR count). The zero-order valence-electron chi connectivity index (χ0n) is 20.1. The third-order valence-corrected chi connectivity index (χ3v) is 4.49. The van der Waals surface area contributed by atoms with Gasteiger partial charge in [-0.25, -0.2) is 0 Å². The fourth-order valence-electron chi connectivity index (χ4n) is 1.99. The van der Waals surface area contributed by atoms with Gasteiger partial charge in [-0.3, -0.25) is 0 Å². The van der Waals surface area contributed by atoms with Crippen LogP contribution in [0.2, 0.25) is 0 Å². The van der Waals surface area contributed by atoms with Crippen LogP contribution in [0.15, 0.2) is 0 Å². The van der Waals surface area contributed by atoms with Gasteiger partial charge in [-0.2, -0.15) is 0 Å². The number of aliphatic hydroxyl groups is 15. The summed E-state index contributed by atoms with van der Waals surface area (Å²) in [4.78, 5) is 29.9. The summed E-state index contributed by atoms with van der Waals surface area (Å²) in [5.41, 5.74) is 0. The summed E-state index contributed by atoms with van der Waals surface area (Å²) in [5.74, 6) is -5.93. The van der Waals surface area contributed by atoms with E-state index < -0.39 is 111 Å². The van der Waals surface area contributed by atoms with Crippen LogP contribution in [0.5, 0.6) is 0 Å². The molecule has 0 spiro atoms. The topological polar surface area (TPSA) is 424 Å². The predicted octanol–water partition coefficient (Wildman–Crippen LogP) is -14.5. The minimum atomic E-state index is -2.31. The number of carboxylic acid groups (broad SMARTS) is 3. The summed E-state index contributed by atoms with van der Waals surface area (Å²) in [6, 6.07) is 0. The van der Waals surface area contributed by atoms with E-state index in [9.17, 15) is 29.7 Å². The van der Waals surface area contributed by atoms with E-state index >= 15 is 0 Å². The van der Waals surface area contributed by atoms with E-state index in [1.165, 1.54) is 0 Å². The maximum absolute atomic E-state index is 9.98. The van der Waals surface area contributed by atoms with Gasteiger partial charge in [0.05, 0.1) is 37.7 Å². The molecule has 0 unspecified atom stereocenters. The Kier molecular flexibility index (Phi) is 26.0. The second-order valence-electron chi connectivity index (χ2n) is 7.48. The van der Waals surface area contributed by atoms with E-state index in [4.69, 9.17) is 76.6 Å². The van der Waals surface area contributed by atoms with Crippen molar-refractivity contribution in [1.29, 1.82) is 0 Å². The molecule has 15 N–H and O–H groups in total. The van der Waals surface area contributed by atoms with Crippen LogP contribution >= 0.6 is 0 Å². The minimum Gasteiger partial charge on any atom is -0.547 e. The van der Waals surface area contributed by atoms with Crippen LogP contribution in [0.25, 0.3) is 0 Å². The molecule has 12 atom stereocenters. The molecule has 0 saturated heterocycles. The summed E-state index contributed by atoms with van der Waals surface area (Å²) in [5, 5.41) is 160. The number of carbonyl (C=O) groups is 3. The van der Waals surface area contributed by atoms with E-state index in [0.717, 1.165) is 0 Å². The second kappa shape index (κ2) is 23.0. The Morgan fingerprint density at radius 2 is 0.550 bits per heavy atom. The molecule has 0 aromatic heterocycles. The largest absolute Gasteiger partial charge is 3.00 e. The van der Waals surface area contributed by atoms with Gasteiger partial charge >= 0.3 is 17.1 Å². The van der Waals surface area contributed by atoms with Gasteiger partial charge in [0, 0.05) is 0 Å². The summed E-state index contributed by atoms with van der Waals surface area (Å²) >= 11 is 0. The zero-order chi connectivity index (χ0) is 31.8. The molecule has 40 heavy (non-hydrogen) atoms. The first-order valence-corrected chi connectivity index (χ1v) is 10.4. The standard InChI is InChI=1S/3C6H12O7.Fe/c3*7-1-2(8)3(9)4(10)5(11)6(12)13;/h3*2-5,7-11H,1H2,(H,12,13);/q;;;+3/p-3/t3*2-,3-,4-,5-;/m111./s1. The number of hydrogen-bond acceptors (Lipinski definition) is 21. The van der Waals surface area contributed by atoms with Gasteiger partial charge in [0.25, 0.3) is 0 Å². The normalized spacial score (nSPS) is 19.9. The van der Waals surface area contributed by atoms with Crippen molar-refractivity contribution >= 4 is 17.9 Å². The Balaban J connectivity index is -0.000000240. The van der Waals surface area contributed by atoms with Crippen LogP contribution < -0.4 is 15.3 Å². The fraction of sp³-hybridized carbons (Fsp3) is 0.833. The van der Waals surface area contributed by atoms with E-state index in [1.807, 2.05) is 0 Å². The first-order valence-electron chi connectivity index (χ1n) is 10.4. The predicted molar refractivity (Wildman–Crippen MR) is 108 cm³/mol. The SMILES string of the molecule is O=C([O-])[C@H](O)[C@H](O)[C@H](O)[C@H](O)CO.O=C([O-])[C@H](O)[C@H](O)[C@H](O)[C@H](O)CO.O=C([O-])[C@H](O)[C@H](O)[C@H](O)[C@H](O)CO.[Fe+3]. The summed E-state index contributed by atoms with van der Waals surface area (Å²) < 4.78 is 0. The Hall–Kier alpha value is -1.67. The number of aliphatic carboxylic acids is 3.